The van der Waals surface area contributed by atoms with E-state index in [1.807, 2.05) is 31.2 Å². The van der Waals surface area contributed by atoms with Crippen LogP contribution in [0.15, 0.2) is 40.8 Å². The number of benzene rings is 1. The molecule has 1 aromatic heterocycles. The Morgan fingerprint density at radius 3 is 2.81 bits per heavy atom. The zero-order chi connectivity index (χ0) is 15.2. The lowest BCUT2D eigenvalue weighted by atomic mass is 10.2. The summed E-state index contributed by atoms with van der Waals surface area (Å²) < 4.78 is 10.8. The molecule has 6 heteroatoms. The summed E-state index contributed by atoms with van der Waals surface area (Å²) in [5.41, 5.74) is 1.08. The molecule has 1 heterocycles. The molecule has 0 aliphatic heterocycles. The van der Waals surface area contributed by atoms with Crippen LogP contribution >= 0.6 is 0 Å². The molecular formula is C15H15NO5. The van der Waals surface area contributed by atoms with Crippen molar-refractivity contribution in [1.29, 1.82) is 0 Å². The lowest BCUT2D eigenvalue weighted by Crippen LogP contribution is -2.28. The molecule has 0 atom stereocenters. The number of amides is 1. The van der Waals surface area contributed by atoms with E-state index < -0.39 is 18.4 Å². The van der Waals surface area contributed by atoms with Crippen molar-refractivity contribution in [2.45, 2.75) is 13.5 Å². The number of carboxylic acid groups (broad SMARTS) is 1. The summed E-state index contributed by atoms with van der Waals surface area (Å²) >= 11 is 0. The van der Waals surface area contributed by atoms with Crippen molar-refractivity contribution in [3.05, 3.63) is 53.5 Å². The lowest BCUT2D eigenvalue weighted by molar-refractivity contribution is -0.135. The van der Waals surface area contributed by atoms with Gasteiger partial charge in [0.1, 0.15) is 24.7 Å². The summed E-state index contributed by atoms with van der Waals surface area (Å²) in [6.07, 6.45) is 0. The van der Waals surface area contributed by atoms with Gasteiger partial charge in [-0.05, 0) is 36.8 Å². The molecule has 0 aliphatic carbocycles. The molecule has 21 heavy (non-hydrogen) atoms. The van der Waals surface area contributed by atoms with Gasteiger partial charge in [0.25, 0.3) is 5.91 Å². The van der Waals surface area contributed by atoms with Crippen LogP contribution in [0.1, 0.15) is 21.9 Å². The Hall–Kier alpha value is -2.76. The van der Waals surface area contributed by atoms with E-state index >= 15 is 0 Å². The van der Waals surface area contributed by atoms with E-state index in [1.165, 1.54) is 6.07 Å². The predicted octanol–water partition coefficient (Wildman–Crippen LogP) is 1.98. The molecule has 0 radical (unpaired) electrons. The highest BCUT2D eigenvalue weighted by Crippen LogP contribution is 2.15. The molecule has 0 bridgehead atoms. The third kappa shape index (κ3) is 4.38. The molecule has 0 saturated heterocycles. The second kappa shape index (κ2) is 6.60. The number of carboxylic acids is 1. The van der Waals surface area contributed by atoms with Gasteiger partial charge in [-0.25, -0.2) is 0 Å². The molecule has 2 aromatic rings. The quantitative estimate of drug-likeness (QED) is 0.848. The van der Waals surface area contributed by atoms with E-state index in [0.717, 1.165) is 5.56 Å². The van der Waals surface area contributed by atoms with Crippen molar-refractivity contribution in [2.75, 3.05) is 6.54 Å². The highest BCUT2D eigenvalue weighted by Gasteiger charge is 2.12. The van der Waals surface area contributed by atoms with Crippen molar-refractivity contribution in [3.63, 3.8) is 0 Å². The molecule has 0 saturated carbocycles. The number of furan rings is 1. The second-order valence-corrected chi connectivity index (χ2v) is 4.45. The van der Waals surface area contributed by atoms with E-state index in [9.17, 15) is 9.59 Å². The van der Waals surface area contributed by atoms with Gasteiger partial charge < -0.3 is 19.6 Å². The molecule has 110 valence electrons. The minimum absolute atomic E-state index is 0.0547. The minimum atomic E-state index is -1.11. The van der Waals surface area contributed by atoms with Crippen LogP contribution in [-0.4, -0.2) is 23.5 Å². The molecule has 0 aliphatic rings. The van der Waals surface area contributed by atoms with Gasteiger partial charge in [0.15, 0.2) is 5.76 Å². The molecule has 1 amide bonds. The van der Waals surface area contributed by atoms with E-state index in [-0.39, 0.29) is 12.4 Å². The Morgan fingerprint density at radius 2 is 2.10 bits per heavy atom. The average molecular weight is 289 g/mol. The Kier molecular flexibility index (Phi) is 4.61. The van der Waals surface area contributed by atoms with Crippen molar-refractivity contribution in [2.24, 2.45) is 0 Å². The standard InChI is InChI=1S/C15H15NO5/c1-10-3-2-4-11(7-10)20-9-12-5-6-13(21-12)15(19)16-8-14(17)18/h2-7H,8-9H2,1H3,(H,16,19)(H,17,18). The molecule has 1 aromatic carbocycles. The van der Waals surface area contributed by atoms with Crippen LogP contribution < -0.4 is 10.1 Å². The fraction of sp³-hybridized carbons (Fsp3) is 0.200. The number of rotatable bonds is 6. The van der Waals surface area contributed by atoms with Crippen molar-refractivity contribution < 1.29 is 23.8 Å². The monoisotopic (exact) mass is 289 g/mol. The number of aryl methyl sites for hydroxylation is 1. The van der Waals surface area contributed by atoms with Crippen molar-refractivity contribution >= 4 is 11.9 Å². The van der Waals surface area contributed by atoms with E-state index in [2.05, 4.69) is 5.32 Å². The highest BCUT2D eigenvalue weighted by atomic mass is 16.5. The van der Waals surface area contributed by atoms with Crippen LogP contribution in [0.25, 0.3) is 0 Å². The second-order valence-electron chi connectivity index (χ2n) is 4.45. The number of aliphatic carboxylic acids is 1. The van der Waals surface area contributed by atoms with Crippen molar-refractivity contribution in [3.8, 4) is 5.75 Å². The van der Waals surface area contributed by atoms with E-state index in [4.69, 9.17) is 14.3 Å². The largest absolute Gasteiger partial charge is 0.486 e. The summed E-state index contributed by atoms with van der Waals surface area (Å²) in [7, 11) is 0. The lowest BCUT2D eigenvalue weighted by Gasteiger charge is -2.04. The number of hydrogen-bond donors (Lipinski definition) is 2. The maximum Gasteiger partial charge on any atom is 0.322 e. The maximum absolute atomic E-state index is 11.6. The zero-order valence-electron chi connectivity index (χ0n) is 11.5. The predicted molar refractivity (Wildman–Crippen MR) is 74.2 cm³/mol. The van der Waals surface area contributed by atoms with Gasteiger partial charge in [0, 0.05) is 0 Å². The summed E-state index contributed by atoms with van der Waals surface area (Å²) in [6, 6.07) is 10.7. The molecule has 0 unspecified atom stereocenters. The van der Waals surface area contributed by atoms with Crippen LogP contribution in [0.5, 0.6) is 5.75 Å². The number of nitrogens with one attached hydrogen (secondary N) is 1. The van der Waals surface area contributed by atoms with Crippen LogP contribution in [-0.2, 0) is 11.4 Å². The highest BCUT2D eigenvalue weighted by molar-refractivity contribution is 5.93. The van der Waals surface area contributed by atoms with Gasteiger partial charge in [-0.15, -0.1) is 0 Å². The molecular weight excluding hydrogens is 274 g/mol. The zero-order valence-corrected chi connectivity index (χ0v) is 11.5. The number of carbonyl (C=O) groups is 2. The van der Waals surface area contributed by atoms with Gasteiger partial charge in [-0.3, -0.25) is 9.59 Å². The fourth-order valence-electron chi connectivity index (χ4n) is 1.68. The fourth-order valence-corrected chi connectivity index (χ4v) is 1.68. The van der Waals surface area contributed by atoms with E-state index in [1.54, 1.807) is 6.07 Å². The summed E-state index contributed by atoms with van der Waals surface area (Å²) in [6.45, 7) is 1.70. The summed E-state index contributed by atoms with van der Waals surface area (Å²) in [5.74, 6) is -0.434. The SMILES string of the molecule is Cc1cccc(OCc2ccc(C(=O)NCC(=O)O)o2)c1. The molecule has 0 spiro atoms. The Morgan fingerprint density at radius 1 is 1.29 bits per heavy atom. The van der Waals surface area contributed by atoms with Gasteiger partial charge in [0.05, 0.1) is 0 Å². The van der Waals surface area contributed by atoms with Crippen LogP contribution in [0, 0.1) is 6.92 Å². The summed E-state index contributed by atoms with van der Waals surface area (Å²) in [5, 5.41) is 10.7. The van der Waals surface area contributed by atoms with Crippen molar-refractivity contribution in [1.82, 2.24) is 5.32 Å². The first-order valence-corrected chi connectivity index (χ1v) is 6.33. The summed E-state index contributed by atoms with van der Waals surface area (Å²) in [4.78, 5) is 21.9. The first kappa shape index (κ1) is 14.6. The third-order valence-corrected chi connectivity index (χ3v) is 2.66. The van der Waals surface area contributed by atoms with Gasteiger partial charge in [-0.2, -0.15) is 0 Å². The average Bonchev–Trinajstić information content (AvgIpc) is 2.91. The first-order chi connectivity index (χ1) is 10.0. The smallest absolute Gasteiger partial charge is 0.322 e. The van der Waals surface area contributed by atoms with Crippen LogP contribution in [0.4, 0.5) is 0 Å². The topological polar surface area (TPSA) is 88.8 Å². The maximum atomic E-state index is 11.6. The number of hydrogen-bond acceptors (Lipinski definition) is 4. The van der Waals surface area contributed by atoms with Gasteiger partial charge in [0.2, 0.25) is 0 Å². The third-order valence-electron chi connectivity index (χ3n) is 2.66. The Bertz CT molecular complexity index is 647. The van der Waals surface area contributed by atoms with Crippen LogP contribution in [0.2, 0.25) is 0 Å². The van der Waals surface area contributed by atoms with E-state index in [0.29, 0.717) is 11.5 Å². The minimum Gasteiger partial charge on any atom is -0.486 e. The van der Waals surface area contributed by atoms with Gasteiger partial charge >= 0.3 is 5.97 Å². The first-order valence-electron chi connectivity index (χ1n) is 6.33. The molecule has 6 nitrogen and oxygen atoms in total. The Labute approximate surface area is 121 Å². The van der Waals surface area contributed by atoms with Gasteiger partial charge in [-0.1, -0.05) is 12.1 Å². The molecule has 0 fully saturated rings. The molecule has 2 N–H and O–H groups in total. The van der Waals surface area contributed by atoms with Crippen LogP contribution in [0.3, 0.4) is 0 Å². The normalized spacial score (nSPS) is 10.1. The number of carbonyl (C=O) groups excluding carboxylic acids is 1. The Balaban J connectivity index is 1.91. The number of ether oxygens (including phenoxy) is 1. The molecule has 2 rings (SSSR count).